The fourth-order valence-corrected chi connectivity index (χ4v) is 3.75. The van der Waals surface area contributed by atoms with Crippen molar-refractivity contribution in [1.29, 1.82) is 0 Å². The molecule has 0 radical (unpaired) electrons. The molecular weight excluding hydrogens is 304 g/mol. The summed E-state index contributed by atoms with van der Waals surface area (Å²) in [6.45, 7) is 11.9. The largest absolute Gasteiger partial charge is 0.357 e. The Kier molecular flexibility index (Phi) is 7.89. The van der Waals surface area contributed by atoms with Gasteiger partial charge in [0.2, 0.25) is 0 Å². The summed E-state index contributed by atoms with van der Waals surface area (Å²) in [5.41, 5.74) is 0. The Bertz CT molecular complexity index is 456. The van der Waals surface area contributed by atoms with Crippen LogP contribution in [-0.2, 0) is 6.42 Å². The van der Waals surface area contributed by atoms with Gasteiger partial charge in [-0.2, -0.15) is 0 Å². The predicted octanol–water partition coefficient (Wildman–Crippen LogP) is 2.97. The molecule has 0 aromatic carbocycles. The Morgan fingerprint density at radius 3 is 3.00 bits per heavy atom. The zero-order valence-electron chi connectivity index (χ0n) is 14.8. The van der Waals surface area contributed by atoms with Crippen molar-refractivity contribution in [3.05, 3.63) is 22.4 Å². The van der Waals surface area contributed by atoms with Gasteiger partial charge < -0.3 is 15.5 Å². The number of hydrogen-bond donors (Lipinski definition) is 2. The van der Waals surface area contributed by atoms with Gasteiger partial charge in [0, 0.05) is 37.1 Å². The van der Waals surface area contributed by atoms with Crippen molar-refractivity contribution < 1.29 is 0 Å². The van der Waals surface area contributed by atoms with E-state index < -0.39 is 0 Å². The number of nitrogens with one attached hydrogen (secondary N) is 2. The van der Waals surface area contributed by atoms with Crippen LogP contribution < -0.4 is 10.6 Å². The lowest BCUT2D eigenvalue weighted by Crippen LogP contribution is -2.42. The van der Waals surface area contributed by atoms with Gasteiger partial charge in [0.1, 0.15) is 0 Å². The molecule has 1 aliphatic rings. The molecule has 2 heterocycles. The van der Waals surface area contributed by atoms with Crippen LogP contribution in [0.5, 0.6) is 0 Å². The molecule has 2 N–H and O–H groups in total. The second-order valence-electron chi connectivity index (χ2n) is 6.57. The molecule has 0 bridgehead atoms. The molecule has 1 aliphatic heterocycles. The van der Waals surface area contributed by atoms with Gasteiger partial charge in [0.05, 0.1) is 0 Å². The summed E-state index contributed by atoms with van der Waals surface area (Å²) in [7, 11) is 0. The van der Waals surface area contributed by atoms with Crippen LogP contribution in [0.25, 0.3) is 0 Å². The molecule has 1 aromatic heterocycles. The molecule has 0 aliphatic carbocycles. The minimum absolute atomic E-state index is 0.652. The van der Waals surface area contributed by atoms with Crippen molar-refractivity contribution in [1.82, 2.24) is 15.5 Å². The minimum Gasteiger partial charge on any atom is -0.357 e. The van der Waals surface area contributed by atoms with E-state index in [9.17, 15) is 0 Å². The van der Waals surface area contributed by atoms with Crippen molar-refractivity contribution in [3.8, 4) is 0 Å². The van der Waals surface area contributed by atoms with Crippen LogP contribution in [0, 0.1) is 5.92 Å². The maximum absolute atomic E-state index is 4.82. The third kappa shape index (κ3) is 6.51. The molecule has 0 amide bonds. The SMILES string of the molecule is CCNC(=NCC1CCCN(C(C)C)C1)NCCc1cccs1. The van der Waals surface area contributed by atoms with E-state index in [0.29, 0.717) is 12.0 Å². The number of thiophene rings is 1. The normalized spacial score (nSPS) is 20.0. The van der Waals surface area contributed by atoms with Gasteiger partial charge >= 0.3 is 0 Å². The molecule has 130 valence electrons. The van der Waals surface area contributed by atoms with Gasteiger partial charge in [0.25, 0.3) is 0 Å². The molecule has 1 unspecified atom stereocenters. The first-order chi connectivity index (χ1) is 11.2. The van der Waals surface area contributed by atoms with E-state index >= 15 is 0 Å². The average molecular weight is 337 g/mol. The minimum atomic E-state index is 0.652. The average Bonchev–Trinajstić information content (AvgIpc) is 3.06. The van der Waals surface area contributed by atoms with E-state index in [-0.39, 0.29) is 0 Å². The van der Waals surface area contributed by atoms with Crippen LogP contribution in [0.15, 0.2) is 22.5 Å². The molecule has 1 aromatic rings. The van der Waals surface area contributed by atoms with Crippen LogP contribution in [0.2, 0.25) is 0 Å². The maximum Gasteiger partial charge on any atom is 0.191 e. The highest BCUT2D eigenvalue weighted by molar-refractivity contribution is 7.09. The first-order valence-corrected chi connectivity index (χ1v) is 9.85. The Labute approximate surface area is 145 Å². The van der Waals surface area contributed by atoms with E-state index in [2.05, 4.69) is 53.8 Å². The van der Waals surface area contributed by atoms with Gasteiger partial charge in [0.15, 0.2) is 5.96 Å². The highest BCUT2D eigenvalue weighted by atomic mass is 32.1. The topological polar surface area (TPSA) is 39.7 Å². The Morgan fingerprint density at radius 2 is 2.30 bits per heavy atom. The summed E-state index contributed by atoms with van der Waals surface area (Å²) in [4.78, 5) is 8.83. The number of likely N-dealkylation sites (tertiary alicyclic amines) is 1. The van der Waals surface area contributed by atoms with Gasteiger partial charge in [-0.05, 0) is 63.9 Å². The van der Waals surface area contributed by atoms with E-state index in [1.54, 1.807) is 0 Å². The smallest absolute Gasteiger partial charge is 0.191 e. The Balaban J connectivity index is 1.78. The van der Waals surface area contributed by atoms with Crippen LogP contribution in [-0.4, -0.2) is 49.6 Å². The molecular formula is C18H32N4S. The van der Waals surface area contributed by atoms with E-state index in [4.69, 9.17) is 4.99 Å². The molecule has 4 nitrogen and oxygen atoms in total. The third-order valence-electron chi connectivity index (χ3n) is 4.38. The summed E-state index contributed by atoms with van der Waals surface area (Å²) in [5, 5.41) is 8.97. The quantitative estimate of drug-likeness (QED) is 0.594. The van der Waals surface area contributed by atoms with E-state index in [1.165, 1.54) is 30.8 Å². The van der Waals surface area contributed by atoms with Crippen molar-refractivity contribution in [2.75, 3.05) is 32.7 Å². The second-order valence-corrected chi connectivity index (χ2v) is 7.60. The van der Waals surface area contributed by atoms with Crippen LogP contribution in [0.1, 0.15) is 38.5 Å². The first-order valence-electron chi connectivity index (χ1n) is 8.97. The molecule has 1 atom stereocenters. The third-order valence-corrected chi connectivity index (χ3v) is 5.31. The monoisotopic (exact) mass is 336 g/mol. The van der Waals surface area contributed by atoms with E-state index in [1.807, 2.05) is 11.3 Å². The predicted molar refractivity (Wildman–Crippen MR) is 101 cm³/mol. The van der Waals surface area contributed by atoms with Crippen molar-refractivity contribution in [2.24, 2.45) is 10.9 Å². The highest BCUT2D eigenvalue weighted by Gasteiger charge is 2.21. The summed E-state index contributed by atoms with van der Waals surface area (Å²) in [6, 6.07) is 4.96. The number of hydrogen-bond acceptors (Lipinski definition) is 3. The number of guanidine groups is 1. The highest BCUT2D eigenvalue weighted by Crippen LogP contribution is 2.18. The van der Waals surface area contributed by atoms with Gasteiger partial charge in [-0.1, -0.05) is 6.07 Å². The molecule has 2 rings (SSSR count). The van der Waals surface area contributed by atoms with Crippen molar-refractivity contribution >= 4 is 17.3 Å². The molecule has 5 heteroatoms. The lowest BCUT2D eigenvalue weighted by Gasteiger charge is -2.34. The van der Waals surface area contributed by atoms with Crippen LogP contribution in [0.3, 0.4) is 0 Å². The Hall–Kier alpha value is -1.07. The summed E-state index contributed by atoms with van der Waals surface area (Å²) in [5.74, 6) is 1.66. The molecule has 1 fully saturated rings. The first kappa shape index (κ1) is 18.3. The fourth-order valence-electron chi connectivity index (χ4n) is 3.04. The number of rotatable bonds is 7. The van der Waals surface area contributed by atoms with Crippen molar-refractivity contribution in [3.63, 3.8) is 0 Å². The molecule has 23 heavy (non-hydrogen) atoms. The van der Waals surface area contributed by atoms with E-state index in [0.717, 1.165) is 32.0 Å². The molecule has 1 saturated heterocycles. The Morgan fingerprint density at radius 1 is 1.43 bits per heavy atom. The van der Waals surface area contributed by atoms with Crippen LogP contribution in [0.4, 0.5) is 0 Å². The lowest BCUT2D eigenvalue weighted by atomic mass is 9.97. The van der Waals surface area contributed by atoms with Gasteiger partial charge in [-0.3, -0.25) is 4.99 Å². The van der Waals surface area contributed by atoms with Gasteiger partial charge in [-0.15, -0.1) is 11.3 Å². The number of aliphatic imine (C=N–C) groups is 1. The zero-order valence-corrected chi connectivity index (χ0v) is 15.7. The molecule has 0 saturated carbocycles. The van der Waals surface area contributed by atoms with Gasteiger partial charge in [-0.25, -0.2) is 0 Å². The summed E-state index contributed by atoms with van der Waals surface area (Å²) in [6.07, 6.45) is 3.68. The van der Waals surface area contributed by atoms with Crippen LogP contribution >= 0.6 is 11.3 Å². The number of nitrogens with zero attached hydrogens (tertiary/aromatic N) is 2. The second kappa shape index (κ2) is 9.93. The summed E-state index contributed by atoms with van der Waals surface area (Å²) < 4.78 is 0. The van der Waals surface area contributed by atoms with Crippen molar-refractivity contribution in [2.45, 2.75) is 46.1 Å². The zero-order chi connectivity index (χ0) is 16.5. The lowest BCUT2D eigenvalue weighted by molar-refractivity contribution is 0.143. The number of piperidine rings is 1. The fraction of sp³-hybridized carbons (Fsp3) is 0.722. The maximum atomic E-state index is 4.82. The summed E-state index contributed by atoms with van der Waals surface area (Å²) >= 11 is 1.82. The standard InChI is InChI=1S/C18H32N4S/c1-4-19-18(20-10-9-17-8-6-12-23-17)21-13-16-7-5-11-22(14-16)15(2)3/h6,8,12,15-16H,4-5,7,9-11,13-14H2,1-3H3,(H2,19,20,21). The molecule has 0 spiro atoms.